The summed E-state index contributed by atoms with van der Waals surface area (Å²) in [5, 5.41) is 4.77. The molecule has 0 N–H and O–H groups in total. The minimum absolute atomic E-state index is 0.00943. The Morgan fingerprint density at radius 1 is 1.00 bits per heavy atom. The number of benzene rings is 1. The molecule has 0 bridgehead atoms. The maximum atomic E-state index is 13.4. The molecule has 1 aliphatic rings. The number of fused-ring (bicyclic) bond motifs is 4. The number of hydrogen-bond donors (Lipinski definition) is 0. The lowest BCUT2D eigenvalue weighted by Crippen LogP contribution is -2.22. The Kier molecular flexibility index (Phi) is 3.18. The van der Waals surface area contributed by atoms with Gasteiger partial charge in [-0.15, -0.1) is 0 Å². The van der Waals surface area contributed by atoms with Gasteiger partial charge in [0.15, 0.2) is 0 Å². The van der Waals surface area contributed by atoms with E-state index in [1.54, 1.807) is 6.07 Å². The van der Waals surface area contributed by atoms with Crippen molar-refractivity contribution in [1.29, 1.82) is 0 Å². The van der Waals surface area contributed by atoms with E-state index in [1.165, 1.54) is 0 Å². The van der Waals surface area contributed by atoms with Gasteiger partial charge in [0, 0.05) is 23.1 Å². The van der Waals surface area contributed by atoms with E-state index in [1.807, 2.05) is 54.8 Å². The number of rotatable bonds is 2. The highest BCUT2D eigenvalue weighted by Crippen LogP contribution is 2.38. The molecule has 0 radical (unpaired) electrons. The Bertz CT molecular complexity index is 1260. The average molecular weight is 357 g/mol. The van der Waals surface area contributed by atoms with Crippen molar-refractivity contribution in [3.8, 4) is 11.4 Å². The molecule has 0 amide bonds. The predicted molar refractivity (Wildman–Crippen MR) is 98.9 cm³/mol. The number of pyridine rings is 1. The fraction of sp³-hybridized carbons (Fsp3) is 0.143. The van der Waals surface area contributed by atoms with E-state index < -0.39 is 0 Å². The lowest BCUT2D eigenvalue weighted by Gasteiger charge is -2.13. The largest absolute Gasteiger partial charge is 0.351 e. The Morgan fingerprint density at radius 3 is 2.59 bits per heavy atom. The fourth-order valence-electron chi connectivity index (χ4n) is 3.84. The number of ketones is 2. The molecule has 3 heterocycles. The van der Waals surface area contributed by atoms with Crippen LogP contribution in [0.1, 0.15) is 44.8 Å². The van der Waals surface area contributed by atoms with E-state index >= 15 is 0 Å². The third-order valence-corrected chi connectivity index (χ3v) is 4.99. The maximum absolute atomic E-state index is 13.4. The summed E-state index contributed by atoms with van der Waals surface area (Å²) in [6.45, 7) is 4.39. The van der Waals surface area contributed by atoms with Crippen LogP contribution in [-0.2, 0) is 6.54 Å². The zero-order valence-electron chi connectivity index (χ0n) is 14.8. The van der Waals surface area contributed by atoms with Gasteiger partial charge in [-0.3, -0.25) is 14.6 Å². The second kappa shape index (κ2) is 5.48. The minimum atomic E-state index is -0.311. The van der Waals surface area contributed by atoms with Crippen LogP contribution >= 0.6 is 0 Å². The highest BCUT2D eigenvalue weighted by molar-refractivity contribution is 6.32. The lowest BCUT2D eigenvalue weighted by molar-refractivity contribution is 0.0951. The topological polar surface area (TPSA) is 78.0 Å². The molecule has 1 aliphatic carbocycles. The van der Waals surface area contributed by atoms with Gasteiger partial charge in [-0.05, 0) is 32.0 Å². The van der Waals surface area contributed by atoms with Gasteiger partial charge >= 0.3 is 0 Å². The van der Waals surface area contributed by atoms with Crippen LogP contribution in [0.2, 0.25) is 0 Å². The van der Waals surface area contributed by atoms with E-state index in [0.717, 1.165) is 16.6 Å². The van der Waals surface area contributed by atoms with Gasteiger partial charge in [0.05, 0.1) is 11.3 Å². The number of para-hydroxylation sites is 1. The molecule has 0 fully saturated rings. The van der Waals surface area contributed by atoms with Gasteiger partial charge < -0.3 is 9.09 Å². The summed E-state index contributed by atoms with van der Waals surface area (Å²) in [5.74, 6) is -0.573. The Morgan fingerprint density at radius 2 is 1.81 bits per heavy atom. The Hall–Kier alpha value is -3.54. The first kappa shape index (κ1) is 15.7. The van der Waals surface area contributed by atoms with Crippen LogP contribution in [0.25, 0.3) is 22.3 Å². The van der Waals surface area contributed by atoms with Crippen LogP contribution < -0.4 is 0 Å². The van der Waals surface area contributed by atoms with Gasteiger partial charge in [0.25, 0.3) is 0 Å². The number of carbonyl (C=O) groups is 2. The maximum Gasteiger partial charge on any atom is 0.234 e. The fourth-order valence-corrected chi connectivity index (χ4v) is 3.84. The number of carbonyl (C=O) groups excluding carboxylic acids is 2. The molecule has 6 nitrogen and oxygen atoms in total. The third-order valence-electron chi connectivity index (χ3n) is 4.99. The summed E-state index contributed by atoms with van der Waals surface area (Å²) in [6, 6.07) is 13.0. The Labute approximate surface area is 154 Å². The van der Waals surface area contributed by atoms with Gasteiger partial charge in [-0.1, -0.05) is 29.4 Å². The molecule has 0 saturated heterocycles. The van der Waals surface area contributed by atoms with Crippen LogP contribution in [0.15, 0.2) is 47.0 Å². The zero-order valence-corrected chi connectivity index (χ0v) is 14.8. The summed E-state index contributed by atoms with van der Waals surface area (Å²) in [6.07, 6.45) is 0. The van der Waals surface area contributed by atoms with Crippen LogP contribution in [0.3, 0.4) is 0 Å². The molecular formula is C21H15N3O3. The quantitative estimate of drug-likeness (QED) is 0.480. The molecule has 5 rings (SSSR count). The van der Waals surface area contributed by atoms with Crippen molar-refractivity contribution < 1.29 is 14.1 Å². The second-order valence-electron chi connectivity index (χ2n) is 6.54. The van der Waals surface area contributed by atoms with E-state index in [-0.39, 0.29) is 22.9 Å². The normalized spacial score (nSPS) is 13.1. The first-order chi connectivity index (χ1) is 13.1. The molecule has 3 aromatic heterocycles. The van der Waals surface area contributed by atoms with E-state index in [9.17, 15) is 9.59 Å². The highest BCUT2D eigenvalue weighted by Gasteiger charge is 2.41. The monoisotopic (exact) mass is 357 g/mol. The molecule has 0 spiro atoms. The van der Waals surface area contributed by atoms with Gasteiger partial charge in [0.2, 0.25) is 17.3 Å². The molecule has 132 valence electrons. The second-order valence-corrected chi connectivity index (χ2v) is 6.54. The highest BCUT2D eigenvalue weighted by atomic mass is 16.5. The molecule has 0 atom stereocenters. The standard InChI is InChI=1S/C21H15N3O3/c1-3-24-14-10-5-4-8-12(14)15-18(24)19(25)16-17(23-27-21(16)20(15)26)13-9-6-7-11(2)22-13/h4-10H,3H2,1-2H3. The molecule has 0 aliphatic heterocycles. The van der Waals surface area contributed by atoms with Crippen molar-refractivity contribution >= 4 is 22.5 Å². The molecule has 0 saturated carbocycles. The van der Waals surface area contributed by atoms with Crippen LogP contribution in [0, 0.1) is 6.92 Å². The zero-order chi connectivity index (χ0) is 18.7. The number of aromatic nitrogens is 3. The van der Waals surface area contributed by atoms with Crippen molar-refractivity contribution in [3.05, 3.63) is 70.7 Å². The van der Waals surface area contributed by atoms with Crippen LogP contribution in [-0.4, -0.2) is 26.3 Å². The summed E-state index contributed by atoms with van der Waals surface area (Å²) in [4.78, 5) is 31.1. The summed E-state index contributed by atoms with van der Waals surface area (Å²) < 4.78 is 7.23. The molecule has 27 heavy (non-hydrogen) atoms. The van der Waals surface area contributed by atoms with Gasteiger partial charge in [-0.25, -0.2) is 0 Å². The van der Waals surface area contributed by atoms with Crippen molar-refractivity contribution in [2.45, 2.75) is 20.4 Å². The van der Waals surface area contributed by atoms with Gasteiger partial charge in [0.1, 0.15) is 17.0 Å². The summed E-state index contributed by atoms with van der Waals surface area (Å²) >= 11 is 0. The molecule has 6 heteroatoms. The third kappa shape index (κ3) is 2.01. The van der Waals surface area contributed by atoms with Crippen molar-refractivity contribution in [3.63, 3.8) is 0 Å². The number of hydrogen-bond acceptors (Lipinski definition) is 5. The van der Waals surface area contributed by atoms with Crippen molar-refractivity contribution in [1.82, 2.24) is 14.7 Å². The molecule has 1 aromatic carbocycles. The van der Waals surface area contributed by atoms with E-state index in [2.05, 4.69) is 10.1 Å². The van der Waals surface area contributed by atoms with E-state index in [0.29, 0.717) is 29.2 Å². The van der Waals surface area contributed by atoms with Crippen molar-refractivity contribution in [2.24, 2.45) is 0 Å². The molecule has 4 aromatic rings. The molecule has 0 unspecified atom stereocenters. The first-order valence-electron chi connectivity index (χ1n) is 8.76. The number of nitrogens with zero attached hydrogens (tertiary/aromatic N) is 3. The van der Waals surface area contributed by atoms with Crippen molar-refractivity contribution in [2.75, 3.05) is 0 Å². The lowest BCUT2D eigenvalue weighted by atomic mass is 9.90. The molecular weight excluding hydrogens is 342 g/mol. The Balaban J connectivity index is 1.82. The summed E-state index contributed by atoms with van der Waals surface area (Å²) in [7, 11) is 0. The van der Waals surface area contributed by atoms with Crippen LogP contribution in [0.4, 0.5) is 0 Å². The smallest absolute Gasteiger partial charge is 0.234 e. The van der Waals surface area contributed by atoms with E-state index in [4.69, 9.17) is 4.52 Å². The minimum Gasteiger partial charge on any atom is -0.351 e. The average Bonchev–Trinajstić information content (AvgIpc) is 3.26. The summed E-state index contributed by atoms with van der Waals surface area (Å²) in [5.41, 5.74) is 3.47. The first-order valence-corrected chi connectivity index (χ1v) is 8.76. The van der Waals surface area contributed by atoms with Gasteiger partial charge in [-0.2, -0.15) is 0 Å². The number of aryl methyl sites for hydroxylation is 2. The predicted octanol–water partition coefficient (Wildman–Crippen LogP) is 3.80. The SMILES string of the molecule is CCn1c2c(c3ccccc31)C(=O)c1onc(-c3cccc(C)n3)c1C2=O. The van der Waals surface area contributed by atoms with Crippen LogP contribution in [0.5, 0.6) is 0 Å².